The van der Waals surface area contributed by atoms with Gasteiger partial charge in [-0.25, -0.2) is 0 Å². The van der Waals surface area contributed by atoms with Gasteiger partial charge in [0.1, 0.15) is 0 Å². The highest BCUT2D eigenvalue weighted by molar-refractivity contribution is 5.05. The molecule has 1 aliphatic heterocycles. The van der Waals surface area contributed by atoms with Gasteiger partial charge < -0.3 is 4.74 Å². The zero-order valence-corrected chi connectivity index (χ0v) is 3.74. The average Bonchev–Trinajstić information content (AvgIpc) is 1.69. The summed E-state index contributed by atoms with van der Waals surface area (Å²) < 4.78 is 4.57. The van der Waals surface area contributed by atoms with Crippen molar-refractivity contribution < 1.29 is 4.74 Å². The second kappa shape index (κ2) is 1.80. The van der Waals surface area contributed by atoms with E-state index in [9.17, 15) is 0 Å². The van der Waals surface area contributed by atoms with Gasteiger partial charge in [0.2, 0.25) is 6.23 Å². The van der Waals surface area contributed by atoms with E-state index in [4.69, 9.17) is 5.73 Å². The van der Waals surface area contributed by atoms with Gasteiger partial charge in [-0.05, 0) is 12.2 Å². The van der Waals surface area contributed by atoms with Crippen LogP contribution in [0.4, 0.5) is 0 Å². The van der Waals surface area contributed by atoms with Crippen LogP contribution in [0.1, 0.15) is 0 Å². The summed E-state index contributed by atoms with van der Waals surface area (Å²) in [6, 6.07) is 0. The number of hydrogen-bond acceptors (Lipinski definition) is 1. The quantitative estimate of drug-likeness (QED) is 0.430. The number of allylic oxidation sites excluding steroid dienone is 2. The Morgan fingerprint density at radius 1 is 1.43 bits per heavy atom. The summed E-state index contributed by atoms with van der Waals surface area (Å²) in [5, 5.41) is 0. The fraction of sp³-hybridized carbons (Fsp3) is 0.200. The minimum atomic E-state index is -0.731. The average molecular weight is 95.1 g/mol. The Morgan fingerprint density at radius 3 is 2.57 bits per heavy atom. The lowest BCUT2D eigenvalue weighted by molar-refractivity contribution is 0.183. The molecule has 0 spiro atoms. The van der Waals surface area contributed by atoms with Crippen LogP contribution in [0.5, 0.6) is 0 Å². The molecule has 0 aromatic heterocycles. The van der Waals surface area contributed by atoms with Gasteiger partial charge >= 0.3 is 0 Å². The maximum atomic E-state index is 8.55. The highest BCUT2D eigenvalue weighted by Crippen LogP contribution is 1.95. The molecular weight excluding hydrogens is 90.1 g/mol. The Kier molecular flexibility index (Phi) is 1.13. The predicted molar refractivity (Wildman–Crippen MR) is 25.3 cm³/mol. The zero-order chi connectivity index (χ0) is 5.11. The molecule has 1 atom stereocenters. The van der Waals surface area contributed by atoms with E-state index < -0.39 is 6.23 Å². The van der Waals surface area contributed by atoms with E-state index in [0.717, 1.165) is 0 Å². The van der Waals surface area contributed by atoms with E-state index in [-0.39, 0.29) is 0 Å². The van der Waals surface area contributed by atoms with E-state index in [1.54, 1.807) is 18.2 Å². The first kappa shape index (κ1) is 4.40. The van der Waals surface area contributed by atoms with Gasteiger partial charge in [0, 0.05) is 0 Å². The molecule has 36 valence electrons. The summed E-state index contributed by atoms with van der Waals surface area (Å²) in [5.74, 6) is 0. The van der Waals surface area contributed by atoms with Gasteiger partial charge in [-0.1, -0.05) is 11.8 Å². The summed E-state index contributed by atoms with van der Waals surface area (Å²) in [7, 11) is 0. The molecule has 0 bridgehead atoms. The molecule has 1 heterocycles. The molecule has 0 aromatic carbocycles. The molecule has 0 saturated heterocycles. The van der Waals surface area contributed by atoms with Crippen LogP contribution in [-0.2, 0) is 4.74 Å². The van der Waals surface area contributed by atoms with Crippen LogP contribution in [0, 0.1) is 0 Å². The first-order chi connectivity index (χ1) is 3.39. The zero-order valence-electron chi connectivity index (χ0n) is 3.74. The summed E-state index contributed by atoms with van der Waals surface area (Å²) >= 11 is 0. The van der Waals surface area contributed by atoms with Gasteiger partial charge in [-0.2, -0.15) is 0 Å². The Morgan fingerprint density at radius 2 is 2.29 bits per heavy atom. The molecule has 1 unspecified atom stereocenters. The van der Waals surface area contributed by atoms with Crippen molar-refractivity contribution in [3.05, 3.63) is 24.5 Å². The Labute approximate surface area is 42.3 Å². The van der Waals surface area contributed by atoms with Crippen molar-refractivity contribution in [3.8, 4) is 0 Å². The lowest BCUT2D eigenvalue weighted by Crippen LogP contribution is -2.07. The third-order valence-electron chi connectivity index (χ3n) is 0.683. The minimum absolute atomic E-state index is 0.731. The predicted octanol–water partition coefficient (Wildman–Crippen LogP) is 0.481. The summed E-state index contributed by atoms with van der Waals surface area (Å²) in [4.78, 5) is 0. The molecule has 2 nitrogen and oxygen atoms in total. The van der Waals surface area contributed by atoms with E-state index >= 15 is 0 Å². The molecule has 1 rings (SSSR count). The highest BCUT2D eigenvalue weighted by atomic mass is 16.5. The third-order valence-corrected chi connectivity index (χ3v) is 0.683. The number of nitrogens with zero attached hydrogens (tertiary/aromatic N) is 1. The maximum Gasteiger partial charge on any atom is 0.200 e. The largest absolute Gasteiger partial charge is 0.476 e. The molecular formula is C5H5NO. The molecule has 0 aliphatic carbocycles. The fourth-order valence-electron chi connectivity index (χ4n) is 0.376. The van der Waals surface area contributed by atoms with E-state index in [2.05, 4.69) is 4.74 Å². The normalized spacial score (nSPS) is 27.3. The van der Waals surface area contributed by atoms with Crippen LogP contribution in [0.3, 0.4) is 0 Å². The molecule has 0 N–H and O–H groups in total. The molecule has 0 fully saturated rings. The number of rotatable bonds is 0. The SMILES string of the molecule is [N]C1C=CC=CO1. The first-order valence-corrected chi connectivity index (χ1v) is 2.06. The van der Waals surface area contributed by atoms with Crippen molar-refractivity contribution in [2.75, 3.05) is 0 Å². The van der Waals surface area contributed by atoms with E-state index in [1.165, 1.54) is 6.26 Å². The Bertz CT molecular complexity index is 107. The summed E-state index contributed by atoms with van der Waals surface area (Å²) in [5.41, 5.74) is 8.55. The molecule has 2 heteroatoms. The van der Waals surface area contributed by atoms with Crippen LogP contribution >= 0.6 is 0 Å². The second-order valence-electron chi connectivity index (χ2n) is 1.24. The first-order valence-electron chi connectivity index (χ1n) is 2.06. The third kappa shape index (κ3) is 1.05. The topological polar surface area (TPSA) is 31.5 Å². The Balaban J connectivity index is 2.49. The van der Waals surface area contributed by atoms with Crippen molar-refractivity contribution in [2.45, 2.75) is 6.23 Å². The monoisotopic (exact) mass is 95.0 g/mol. The fourth-order valence-corrected chi connectivity index (χ4v) is 0.376. The van der Waals surface area contributed by atoms with Crippen molar-refractivity contribution in [3.63, 3.8) is 0 Å². The summed E-state index contributed by atoms with van der Waals surface area (Å²) in [6.45, 7) is 0. The second-order valence-corrected chi connectivity index (χ2v) is 1.24. The van der Waals surface area contributed by atoms with Crippen LogP contribution in [0.25, 0.3) is 0 Å². The standard InChI is InChI=1S/C5H5NO/c6-5-3-1-2-4-7-5/h1-5H. The number of hydrogen-bond donors (Lipinski definition) is 0. The van der Waals surface area contributed by atoms with E-state index in [0.29, 0.717) is 0 Å². The Hall–Kier alpha value is -0.760. The van der Waals surface area contributed by atoms with Crippen molar-refractivity contribution in [1.29, 1.82) is 0 Å². The molecule has 0 aromatic rings. The molecule has 0 saturated carbocycles. The van der Waals surface area contributed by atoms with E-state index in [1.807, 2.05) is 0 Å². The highest BCUT2D eigenvalue weighted by Gasteiger charge is 1.95. The summed E-state index contributed by atoms with van der Waals surface area (Å²) in [6.07, 6.45) is 5.72. The van der Waals surface area contributed by atoms with Crippen molar-refractivity contribution in [1.82, 2.24) is 5.73 Å². The van der Waals surface area contributed by atoms with Gasteiger partial charge in [0.25, 0.3) is 0 Å². The van der Waals surface area contributed by atoms with Crippen LogP contribution in [0.2, 0.25) is 0 Å². The smallest absolute Gasteiger partial charge is 0.200 e. The molecule has 1 aliphatic rings. The van der Waals surface area contributed by atoms with Crippen molar-refractivity contribution >= 4 is 0 Å². The van der Waals surface area contributed by atoms with Crippen LogP contribution in [0.15, 0.2) is 24.5 Å². The van der Waals surface area contributed by atoms with Gasteiger partial charge in [-0.15, -0.1) is 0 Å². The molecule has 7 heavy (non-hydrogen) atoms. The minimum Gasteiger partial charge on any atom is -0.476 e. The van der Waals surface area contributed by atoms with Gasteiger partial charge in [0.05, 0.1) is 6.26 Å². The molecule has 0 amide bonds. The van der Waals surface area contributed by atoms with Gasteiger partial charge in [-0.3, -0.25) is 0 Å². The lowest BCUT2D eigenvalue weighted by Gasteiger charge is -2.04. The van der Waals surface area contributed by atoms with Crippen LogP contribution in [-0.4, -0.2) is 6.23 Å². The van der Waals surface area contributed by atoms with Crippen molar-refractivity contribution in [2.24, 2.45) is 0 Å². The maximum absolute atomic E-state index is 8.55. The number of ether oxygens (including phenoxy) is 1. The van der Waals surface area contributed by atoms with Gasteiger partial charge in [0.15, 0.2) is 0 Å². The lowest BCUT2D eigenvalue weighted by atomic mass is 10.4. The molecule has 2 radical (unpaired) electrons. The van der Waals surface area contributed by atoms with Crippen LogP contribution < -0.4 is 5.73 Å².